The second kappa shape index (κ2) is 11.7. The molecule has 38 heavy (non-hydrogen) atoms. The van der Waals surface area contributed by atoms with Gasteiger partial charge < -0.3 is 14.6 Å². The number of thioether (sulfide) groups is 1. The zero-order valence-electron chi connectivity index (χ0n) is 21.4. The maximum Gasteiger partial charge on any atom is 0.335 e. The molecule has 1 unspecified atom stereocenters. The molecule has 0 spiro atoms. The normalized spacial score (nSPS) is 16.5. The van der Waals surface area contributed by atoms with Crippen molar-refractivity contribution in [1.82, 2.24) is 9.47 Å². The molecular weight excluding hydrogens is 530 g/mol. The van der Waals surface area contributed by atoms with Crippen LogP contribution in [0.5, 0.6) is 0 Å². The molecule has 1 atom stereocenters. The van der Waals surface area contributed by atoms with Crippen molar-refractivity contribution in [2.75, 3.05) is 13.1 Å². The van der Waals surface area contributed by atoms with Crippen molar-refractivity contribution in [2.24, 2.45) is 5.92 Å². The van der Waals surface area contributed by atoms with Crippen molar-refractivity contribution in [3.05, 3.63) is 86.9 Å². The predicted octanol–water partition coefficient (Wildman–Crippen LogP) is 7.00. The van der Waals surface area contributed by atoms with Crippen molar-refractivity contribution in [3.8, 4) is 0 Å². The molecule has 9 heteroatoms. The number of fused-ring (bicyclic) bond motifs is 1. The molecule has 1 N–H and O–H groups in total. The number of carboxylic acid groups (broad SMARTS) is 1. The number of carbonyl (C=O) groups excluding carboxylic acids is 1. The van der Waals surface area contributed by atoms with E-state index in [1.807, 2.05) is 6.92 Å². The van der Waals surface area contributed by atoms with Gasteiger partial charge >= 0.3 is 5.97 Å². The van der Waals surface area contributed by atoms with E-state index in [-0.39, 0.29) is 40.3 Å². The van der Waals surface area contributed by atoms with Gasteiger partial charge in [-0.15, -0.1) is 0 Å². The highest BCUT2D eigenvalue weighted by molar-refractivity contribution is 8.03. The highest BCUT2D eigenvalue weighted by atomic mass is 35.5. The fourth-order valence-electron chi connectivity index (χ4n) is 4.89. The summed E-state index contributed by atoms with van der Waals surface area (Å²) in [7, 11) is 0. The van der Waals surface area contributed by atoms with Gasteiger partial charge in [-0.3, -0.25) is 4.79 Å². The molecule has 0 radical (unpaired) electrons. The molecule has 1 aliphatic rings. The van der Waals surface area contributed by atoms with Gasteiger partial charge in [0, 0.05) is 29.1 Å². The van der Waals surface area contributed by atoms with Gasteiger partial charge in [-0.2, -0.15) is 0 Å². The standard InChI is InChI=1S/C29H29ClF2N2O3S/c1-4-21(29(36)37)13-17(2)38-28-18(3)34(27-23(28)9-10-24(30)26(27)32)16-25(35)33-12-11-20(15-33)14-19-5-7-22(31)8-6-19/h4-10,13,20H,11-12,14-16H2,1-3H3,(H,36,37). The van der Waals surface area contributed by atoms with E-state index in [4.69, 9.17) is 11.6 Å². The number of carbonyl (C=O) groups is 2. The molecule has 0 aliphatic carbocycles. The number of aromatic nitrogens is 1. The number of halogens is 3. The number of likely N-dealkylation sites (tertiary alicyclic amines) is 1. The summed E-state index contributed by atoms with van der Waals surface area (Å²) in [6, 6.07) is 9.65. The predicted molar refractivity (Wildman–Crippen MR) is 147 cm³/mol. The van der Waals surface area contributed by atoms with Gasteiger partial charge in [-0.1, -0.05) is 41.6 Å². The molecule has 5 nitrogen and oxygen atoms in total. The Morgan fingerprint density at radius 3 is 2.55 bits per heavy atom. The van der Waals surface area contributed by atoms with Crippen LogP contribution in [0.4, 0.5) is 8.78 Å². The summed E-state index contributed by atoms with van der Waals surface area (Å²) < 4.78 is 30.2. The lowest BCUT2D eigenvalue weighted by Gasteiger charge is -2.18. The Balaban J connectivity index is 1.58. The van der Waals surface area contributed by atoms with Crippen LogP contribution >= 0.6 is 23.4 Å². The summed E-state index contributed by atoms with van der Waals surface area (Å²) in [6.07, 6.45) is 4.69. The summed E-state index contributed by atoms with van der Waals surface area (Å²) in [5, 5.41) is 9.93. The molecule has 0 saturated carbocycles. The number of nitrogens with zero attached hydrogens (tertiary/aromatic N) is 2. The second-order valence-corrected chi connectivity index (χ2v) is 11.2. The summed E-state index contributed by atoms with van der Waals surface area (Å²) >= 11 is 7.45. The Bertz CT molecular complexity index is 1450. The number of hydrogen-bond acceptors (Lipinski definition) is 3. The van der Waals surface area contributed by atoms with Crippen LogP contribution in [-0.4, -0.2) is 39.5 Å². The zero-order valence-corrected chi connectivity index (χ0v) is 23.0. The summed E-state index contributed by atoms with van der Waals surface area (Å²) in [6.45, 7) is 6.43. The van der Waals surface area contributed by atoms with Crippen molar-refractivity contribution < 1.29 is 23.5 Å². The van der Waals surface area contributed by atoms with Gasteiger partial charge in [0.05, 0.1) is 16.1 Å². The summed E-state index contributed by atoms with van der Waals surface area (Å²) in [4.78, 5) is 28.0. The van der Waals surface area contributed by atoms with Gasteiger partial charge in [0.15, 0.2) is 5.82 Å². The first kappa shape index (κ1) is 27.9. The Labute approximate surface area is 229 Å². The van der Waals surface area contributed by atoms with Gasteiger partial charge in [0.25, 0.3) is 0 Å². The molecule has 1 aliphatic heterocycles. The maximum atomic E-state index is 15.3. The van der Waals surface area contributed by atoms with Crippen molar-refractivity contribution in [3.63, 3.8) is 0 Å². The highest BCUT2D eigenvalue weighted by Crippen LogP contribution is 2.40. The average Bonchev–Trinajstić information content (AvgIpc) is 3.45. The first-order valence-corrected chi connectivity index (χ1v) is 13.5. The zero-order chi connectivity index (χ0) is 27.6. The quantitative estimate of drug-likeness (QED) is 0.184. The van der Waals surface area contributed by atoms with Crippen LogP contribution in [0.15, 0.2) is 63.9 Å². The highest BCUT2D eigenvalue weighted by Gasteiger charge is 2.28. The number of carboxylic acids is 1. The minimum absolute atomic E-state index is 0.0323. The number of rotatable bonds is 8. The molecule has 1 fully saturated rings. The molecule has 2 aromatic carbocycles. The Morgan fingerprint density at radius 1 is 1.18 bits per heavy atom. The lowest BCUT2D eigenvalue weighted by Crippen LogP contribution is -2.32. The van der Waals surface area contributed by atoms with Crippen molar-refractivity contribution in [1.29, 1.82) is 0 Å². The molecule has 2 heterocycles. The molecule has 3 aromatic rings. The van der Waals surface area contributed by atoms with E-state index in [0.717, 1.165) is 23.3 Å². The molecule has 1 saturated heterocycles. The third-order valence-corrected chi connectivity index (χ3v) is 8.32. The van der Waals surface area contributed by atoms with E-state index < -0.39 is 11.8 Å². The van der Waals surface area contributed by atoms with Crippen LogP contribution in [0.2, 0.25) is 5.02 Å². The minimum atomic E-state index is -1.03. The minimum Gasteiger partial charge on any atom is -0.478 e. The first-order valence-electron chi connectivity index (χ1n) is 12.3. The smallest absolute Gasteiger partial charge is 0.335 e. The van der Waals surface area contributed by atoms with Crippen LogP contribution in [0, 0.1) is 24.5 Å². The number of allylic oxidation sites excluding steroid dienone is 2. The summed E-state index contributed by atoms with van der Waals surface area (Å²) in [5.41, 5.74) is 2.14. The Morgan fingerprint density at radius 2 is 1.89 bits per heavy atom. The van der Waals surface area contributed by atoms with Crippen molar-refractivity contribution >= 4 is 46.1 Å². The van der Waals surface area contributed by atoms with Gasteiger partial charge in [-0.05, 0) is 80.3 Å². The fraction of sp³-hybridized carbons (Fsp3) is 0.310. The van der Waals surface area contributed by atoms with Crippen molar-refractivity contribution in [2.45, 2.75) is 45.1 Å². The fourth-order valence-corrected chi connectivity index (χ4v) is 6.08. The van der Waals surface area contributed by atoms with E-state index in [1.165, 1.54) is 36.0 Å². The first-order chi connectivity index (χ1) is 18.1. The second-order valence-electron chi connectivity index (χ2n) is 9.49. The third kappa shape index (κ3) is 5.97. The largest absolute Gasteiger partial charge is 0.478 e. The van der Waals surface area contributed by atoms with Crippen LogP contribution < -0.4 is 0 Å². The monoisotopic (exact) mass is 558 g/mol. The van der Waals surface area contributed by atoms with E-state index in [0.29, 0.717) is 29.1 Å². The molecule has 1 aromatic heterocycles. The van der Waals surface area contributed by atoms with Gasteiger partial charge in [-0.25, -0.2) is 13.6 Å². The van der Waals surface area contributed by atoms with Crippen LogP contribution in [0.3, 0.4) is 0 Å². The Kier molecular flexibility index (Phi) is 8.63. The number of hydrogen-bond donors (Lipinski definition) is 1. The van der Waals surface area contributed by atoms with E-state index in [9.17, 15) is 19.1 Å². The topological polar surface area (TPSA) is 62.5 Å². The molecular formula is C29H29ClF2N2O3S. The average molecular weight is 559 g/mol. The van der Waals surface area contributed by atoms with E-state index in [2.05, 4.69) is 0 Å². The van der Waals surface area contributed by atoms with Crippen LogP contribution in [0.25, 0.3) is 10.9 Å². The number of benzene rings is 2. The van der Waals surface area contributed by atoms with Gasteiger partial charge in [0.1, 0.15) is 12.4 Å². The van der Waals surface area contributed by atoms with Crippen LogP contribution in [0.1, 0.15) is 31.5 Å². The lowest BCUT2D eigenvalue weighted by molar-refractivity contribution is -0.132. The van der Waals surface area contributed by atoms with E-state index >= 15 is 4.39 Å². The Hall–Kier alpha value is -3.10. The van der Waals surface area contributed by atoms with E-state index in [1.54, 1.807) is 47.6 Å². The van der Waals surface area contributed by atoms with Crippen LogP contribution in [-0.2, 0) is 22.6 Å². The third-order valence-electron chi connectivity index (χ3n) is 6.87. The molecule has 4 rings (SSSR count). The summed E-state index contributed by atoms with van der Waals surface area (Å²) in [5.74, 6) is -1.74. The molecule has 0 bridgehead atoms. The molecule has 1 amide bonds. The molecule has 200 valence electrons. The lowest BCUT2D eigenvalue weighted by atomic mass is 9.99. The number of aliphatic carboxylic acids is 1. The SMILES string of the molecule is CC=C(C=C(C)Sc1c(C)n(CC(=O)N2CCC(Cc3ccc(F)cc3)C2)c2c(F)c(Cl)ccc12)C(=O)O. The van der Waals surface area contributed by atoms with Gasteiger partial charge in [0.2, 0.25) is 5.91 Å². The number of amides is 1. The maximum absolute atomic E-state index is 15.3.